The fourth-order valence-electron chi connectivity index (χ4n) is 11.2. The van der Waals surface area contributed by atoms with E-state index in [1.54, 1.807) is 13.2 Å². The van der Waals surface area contributed by atoms with Crippen LogP contribution in [0.4, 0.5) is 0 Å². The molecule has 1 aliphatic heterocycles. The highest BCUT2D eigenvalue weighted by molar-refractivity contribution is 5.82. The Kier molecular flexibility index (Phi) is 8.86. The number of hydrogen-bond acceptors (Lipinski definition) is 8. The number of carbonyl (C=O) groups is 1. The molecule has 4 aliphatic carbocycles. The molecular weight excluding hydrogens is 560 g/mol. The maximum atomic E-state index is 12.6. The lowest BCUT2D eigenvalue weighted by Crippen LogP contribution is -2.65. The normalized spacial score (nSPS) is 46.5. The van der Waals surface area contributed by atoms with Crippen LogP contribution in [0.2, 0.25) is 0 Å². The molecule has 1 saturated heterocycles. The minimum absolute atomic E-state index is 0.00183. The SMILES string of the molecule is CO[C@@H]1OC(C(O)C(C)(O)CO)C[C@H]1[C@@H]1CC=C2[C@]3(C)[C@H](O)C[C@H]4C(C)(C)[C@@H](OC(=O)C=C(C)C)CC[C@]4(C)[C@H]3CC[C@]21C. The molecule has 0 bridgehead atoms. The summed E-state index contributed by atoms with van der Waals surface area (Å²) in [6.07, 6.45) is 6.68. The molecule has 8 nitrogen and oxygen atoms in total. The number of aliphatic hydroxyl groups is 4. The standard InChI is InChI=1S/C36H58O8/c1-20(2)16-29(39)44-28-13-15-34(6)25-12-14-33(5)22(21-17-23(43-31(21)42-9)30(40)35(7,41)19-37)10-11-24(33)36(25,8)27(38)18-26(34)32(28,3)4/h11,16,21-23,25-28,30-31,37-38,40-41H,10,12-15,17-19H2,1-9H3/t21-,22-,23?,25+,26-,27+,28-,30?,31+,33-,34+,35?,36-/m0/s1. The van der Waals surface area contributed by atoms with Crippen LogP contribution in [0, 0.1) is 45.3 Å². The van der Waals surface area contributed by atoms with Crippen molar-refractivity contribution in [3.05, 3.63) is 23.3 Å². The van der Waals surface area contributed by atoms with Gasteiger partial charge in [0.2, 0.25) is 0 Å². The molecule has 0 aromatic heterocycles. The van der Waals surface area contributed by atoms with Crippen LogP contribution >= 0.6 is 0 Å². The fraction of sp³-hybridized carbons (Fsp3) is 0.861. The van der Waals surface area contributed by atoms with Crippen molar-refractivity contribution in [3.63, 3.8) is 0 Å². The van der Waals surface area contributed by atoms with E-state index in [0.717, 1.165) is 37.7 Å². The lowest BCUT2D eigenvalue weighted by atomic mass is 9.37. The molecule has 8 heteroatoms. The summed E-state index contributed by atoms with van der Waals surface area (Å²) < 4.78 is 18.1. The summed E-state index contributed by atoms with van der Waals surface area (Å²) in [6, 6.07) is 0. The van der Waals surface area contributed by atoms with Gasteiger partial charge in [-0.15, -0.1) is 0 Å². The molecule has 3 unspecified atom stereocenters. The average Bonchev–Trinajstić information content (AvgIpc) is 3.52. The third-order valence-corrected chi connectivity index (χ3v) is 13.6. The second-order valence-electron chi connectivity index (χ2n) is 16.7. The summed E-state index contributed by atoms with van der Waals surface area (Å²) in [6.45, 7) is 16.2. The Labute approximate surface area is 264 Å². The van der Waals surface area contributed by atoms with Crippen molar-refractivity contribution in [2.24, 2.45) is 45.3 Å². The predicted octanol–water partition coefficient (Wildman–Crippen LogP) is 4.92. The first-order chi connectivity index (χ1) is 20.4. The van der Waals surface area contributed by atoms with Crippen LogP contribution in [0.1, 0.15) is 100 Å². The summed E-state index contributed by atoms with van der Waals surface area (Å²) in [4.78, 5) is 12.6. The molecule has 250 valence electrons. The smallest absolute Gasteiger partial charge is 0.330 e. The molecule has 0 spiro atoms. The van der Waals surface area contributed by atoms with Crippen molar-refractivity contribution in [3.8, 4) is 0 Å². The van der Waals surface area contributed by atoms with Gasteiger partial charge in [0.1, 0.15) is 17.8 Å². The third-order valence-electron chi connectivity index (χ3n) is 13.6. The Balaban J connectivity index is 1.40. The van der Waals surface area contributed by atoms with E-state index in [4.69, 9.17) is 14.2 Å². The summed E-state index contributed by atoms with van der Waals surface area (Å²) >= 11 is 0. The molecule has 13 atom stereocenters. The number of rotatable bonds is 7. The Hall–Kier alpha value is -1.29. The van der Waals surface area contributed by atoms with E-state index in [-0.39, 0.29) is 51.5 Å². The number of methoxy groups -OCH3 is 1. The highest BCUT2D eigenvalue weighted by atomic mass is 16.7. The van der Waals surface area contributed by atoms with Crippen LogP contribution in [-0.4, -0.2) is 76.4 Å². The topological polar surface area (TPSA) is 126 Å². The Morgan fingerprint density at radius 1 is 1.14 bits per heavy atom. The van der Waals surface area contributed by atoms with Gasteiger partial charge in [0, 0.05) is 29.9 Å². The van der Waals surface area contributed by atoms with E-state index >= 15 is 0 Å². The molecule has 1 heterocycles. The quantitative estimate of drug-likeness (QED) is 0.180. The van der Waals surface area contributed by atoms with Crippen molar-refractivity contribution in [1.29, 1.82) is 0 Å². The number of fused-ring (bicyclic) bond motifs is 5. The van der Waals surface area contributed by atoms with Gasteiger partial charge in [-0.3, -0.25) is 0 Å². The first-order valence-electron chi connectivity index (χ1n) is 16.8. The Morgan fingerprint density at radius 2 is 1.82 bits per heavy atom. The van der Waals surface area contributed by atoms with Crippen LogP contribution in [0.5, 0.6) is 0 Å². The first-order valence-corrected chi connectivity index (χ1v) is 16.8. The molecule has 4 fully saturated rings. The highest BCUT2D eigenvalue weighted by Crippen LogP contribution is 2.73. The molecule has 0 aromatic carbocycles. The van der Waals surface area contributed by atoms with Gasteiger partial charge < -0.3 is 34.6 Å². The van der Waals surface area contributed by atoms with Gasteiger partial charge in [0.15, 0.2) is 6.29 Å². The maximum absolute atomic E-state index is 12.6. The largest absolute Gasteiger partial charge is 0.459 e. The molecular formula is C36H58O8. The molecule has 4 N–H and O–H groups in total. The number of carbonyl (C=O) groups excluding carboxylic acids is 1. The van der Waals surface area contributed by atoms with Crippen LogP contribution in [-0.2, 0) is 19.0 Å². The Bertz CT molecular complexity index is 1170. The minimum atomic E-state index is -1.67. The predicted molar refractivity (Wildman–Crippen MR) is 167 cm³/mol. The molecule has 0 aromatic rings. The van der Waals surface area contributed by atoms with Crippen molar-refractivity contribution in [2.45, 2.75) is 137 Å². The molecule has 3 saturated carbocycles. The Morgan fingerprint density at radius 3 is 2.43 bits per heavy atom. The fourth-order valence-corrected chi connectivity index (χ4v) is 11.2. The van der Waals surface area contributed by atoms with E-state index in [1.165, 1.54) is 12.5 Å². The second-order valence-corrected chi connectivity index (χ2v) is 16.7. The zero-order valence-electron chi connectivity index (χ0n) is 28.4. The van der Waals surface area contributed by atoms with Crippen LogP contribution in [0.15, 0.2) is 23.3 Å². The highest BCUT2D eigenvalue weighted by Gasteiger charge is 2.69. The molecule has 5 rings (SSSR count). The van der Waals surface area contributed by atoms with Crippen LogP contribution in [0.3, 0.4) is 0 Å². The number of hydrogen-bond donors (Lipinski definition) is 4. The van der Waals surface area contributed by atoms with Crippen molar-refractivity contribution in [1.82, 2.24) is 0 Å². The van der Waals surface area contributed by atoms with E-state index in [1.807, 2.05) is 13.8 Å². The molecule has 5 aliphatic rings. The van der Waals surface area contributed by atoms with Crippen molar-refractivity contribution in [2.75, 3.05) is 13.7 Å². The summed E-state index contributed by atoms with van der Waals surface area (Å²) in [5.41, 5.74) is -0.200. The lowest BCUT2D eigenvalue weighted by molar-refractivity contribution is -0.220. The van der Waals surface area contributed by atoms with Gasteiger partial charge in [0.05, 0.1) is 18.8 Å². The number of aliphatic hydroxyl groups excluding tert-OH is 3. The van der Waals surface area contributed by atoms with E-state index in [2.05, 4.69) is 40.7 Å². The van der Waals surface area contributed by atoms with Gasteiger partial charge in [-0.25, -0.2) is 4.79 Å². The van der Waals surface area contributed by atoms with E-state index in [9.17, 15) is 25.2 Å². The molecule has 44 heavy (non-hydrogen) atoms. The maximum Gasteiger partial charge on any atom is 0.330 e. The van der Waals surface area contributed by atoms with Gasteiger partial charge in [-0.1, -0.05) is 51.8 Å². The molecule has 0 radical (unpaired) electrons. The van der Waals surface area contributed by atoms with Gasteiger partial charge in [-0.05, 0) is 94.3 Å². The minimum Gasteiger partial charge on any atom is -0.459 e. The zero-order chi connectivity index (χ0) is 32.6. The van der Waals surface area contributed by atoms with Crippen molar-refractivity contribution >= 4 is 5.97 Å². The number of ether oxygens (including phenoxy) is 3. The van der Waals surface area contributed by atoms with E-state index < -0.39 is 36.8 Å². The summed E-state index contributed by atoms with van der Waals surface area (Å²) in [7, 11) is 1.63. The monoisotopic (exact) mass is 618 g/mol. The van der Waals surface area contributed by atoms with Crippen LogP contribution < -0.4 is 0 Å². The second kappa shape index (κ2) is 11.4. The number of esters is 1. The van der Waals surface area contributed by atoms with Crippen molar-refractivity contribution < 1.29 is 39.4 Å². The summed E-state index contributed by atoms with van der Waals surface area (Å²) in [5, 5.41) is 43.3. The lowest BCUT2D eigenvalue weighted by Gasteiger charge is -2.68. The van der Waals surface area contributed by atoms with Gasteiger partial charge in [0.25, 0.3) is 0 Å². The van der Waals surface area contributed by atoms with E-state index in [0.29, 0.717) is 18.8 Å². The van der Waals surface area contributed by atoms with Crippen LogP contribution in [0.25, 0.3) is 0 Å². The average molecular weight is 619 g/mol. The van der Waals surface area contributed by atoms with Gasteiger partial charge >= 0.3 is 5.97 Å². The van der Waals surface area contributed by atoms with Gasteiger partial charge in [-0.2, -0.15) is 0 Å². The summed E-state index contributed by atoms with van der Waals surface area (Å²) in [5.74, 6) is 0.440. The third kappa shape index (κ3) is 5.05. The molecule has 0 amide bonds. The zero-order valence-corrected chi connectivity index (χ0v) is 28.4. The number of allylic oxidation sites excluding steroid dienone is 2. The first kappa shape index (κ1) is 34.1.